The molecule has 88 heavy (non-hydrogen) atoms. The van der Waals surface area contributed by atoms with Crippen molar-refractivity contribution in [3.8, 4) is 78.4 Å². The van der Waals surface area contributed by atoms with Gasteiger partial charge in [-0.1, -0.05) is 200 Å². The molecule has 410 valence electrons. The van der Waals surface area contributed by atoms with Crippen LogP contribution in [0.25, 0.3) is 166 Å². The van der Waals surface area contributed by atoms with Gasteiger partial charge >= 0.3 is 0 Å². The quantitative estimate of drug-likeness (QED) is 0.137. The van der Waals surface area contributed by atoms with Gasteiger partial charge in [-0.3, -0.25) is 0 Å². The Hall–Kier alpha value is -11.7. The summed E-state index contributed by atoms with van der Waals surface area (Å²) in [5.74, 6) is 0. The van der Waals surface area contributed by atoms with Crippen molar-refractivity contribution in [2.75, 3.05) is 0 Å². The predicted molar refractivity (Wildman–Crippen MR) is 371 cm³/mol. The Kier molecular flexibility index (Phi) is 11.3. The van der Waals surface area contributed by atoms with E-state index in [1.807, 2.05) is 0 Å². The summed E-state index contributed by atoms with van der Waals surface area (Å²) >= 11 is 0. The van der Waals surface area contributed by atoms with E-state index in [1.165, 1.54) is 149 Å². The average Bonchev–Trinajstić information content (AvgIpc) is 1.76. The predicted octanol–water partition coefficient (Wildman–Crippen LogP) is 22.4. The van der Waals surface area contributed by atoms with Crippen LogP contribution in [-0.4, -0.2) is 18.3 Å². The minimum Gasteiger partial charge on any atom is -0.309 e. The van der Waals surface area contributed by atoms with Gasteiger partial charge in [-0.15, -0.1) is 0 Å². The Labute approximate surface area is 508 Å². The molecule has 0 bridgehead atoms. The van der Waals surface area contributed by atoms with Gasteiger partial charge in [0.2, 0.25) is 0 Å². The van der Waals surface area contributed by atoms with Crippen LogP contribution in [0.2, 0.25) is 0 Å². The Morgan fingerprint density at radius 2 is 0.364 bits per heavy atom. The van der Waals surface area contributed by atoms with Crippen LogP contribution in [0.5, 0.6) is 0 Å². The highest BCUT2D eigenvalue weighted by Crippen LogP contribution is 2.42. The lowest BCUT2D eigenvalue weighted by Crippen LogP contribution is -1.95. The third-order valence-corrected chi connectivity index (χ3v) is 18.3. The highest BCUT2D eigenvalue weighted by atomic mass is 15.0. The molecule has 0 aliphatic carbocycles. The number of para-hydroxylation sites is 6. The molecule has 0 amide bonds. The van der Waals surface area contributed by atoms with Crippen molar-refractivity contribution >= 4 is 87.2 Å². The number of hydrogen-bond acceptors (Lipinski definition) is 0. The lowest BCUT2D eigenvalue weighted by Gasteiger charge is -2.13. The second-order valence-corrected chi connectivity index (χ2v) is 23.3. The third kappa shape index (κ3) is 7.93. The van der Waals surface area contributed by atoms with Gasteiger partial charge in [-0.05, 0) is 183 Å². The first-order valence-corrected chi connectivity index (χ1v) is 30.3. The first-order valence-electron chi connectivity index (χ1n) is 30.3. The molecule has 0 spiro atoms. The van der Waals surface area contributed by atoms with Crippen molar-refractivity contribution in [1.29, 1.82) is 0 Å². The number of aromatic nitrogens is 4. The number of rotatable bonds is 9. The first kappa shape index (κ1) is 49.7. The van der Waals surface area contributed by atoms with Crippen molar-refractivity contribution in [3.63, 3.8) is 0 Å². The van der Waals surface area contributed by atoms with E-state index in [9.17, 15) is 0 Å². The highest BCUT2D eigenvalue weighted by molar-refractivity contribution is 6.14. The topological polar surface area (TPSA) is 19.7 Å². The second-order valence-electron chi connectivity index (χ2n) is 23.3. The number of nitrogens with zero attached hydrogens (tertiary/aromatic N) is 4. The van der Waals surface area contributed by atoms with E-state index in [2.05, 4.69) is 346 Å². The monoisotopic (exact) mass is 1120 g/mol. The van der Waals surface area contributed by atoms with E-state index in [1.54, 1.807) is 0 Å². The van der Waals surface area contributed by atoms with Crippen molar-refractivity contribution in [3.05, 3.63) is 328 Å². The van der Waals surface area contributed by atoms with Crippen LogP contribution < -0.4 is 0 Å². The summed E-state index contributed by atoms with van der Waals surface area (Å²) in [4.78, 5) is 0. The standard InChI is InChI=1S/C84H54N4/c1-2-24-65(25-3-1)85-79-35-11-6-30-71(79)75-53-63(41-46-82(75)85)58-20-15-21-59(49-58)64-42-47-83-76(54-64)72-31-7-12-36-80(72)86(83)66-43-38-55(39-44-66)62-40-45-84-74(52-62)73-32-8-13-37-81(73)88(84)68-27-17-23-61(51-68)57-19-14-18-56(48-57)60-22-16-26-67(50-60)87-77-33-9-4-28-69(77)70-29-5-10-34-78(70)87/h1-54H. The van der Waals surface area contributed by atoms with E-state index < -0.39 is 0 Å². The maximum atomic E-state index is 2.43. The zero-order chi connectivity index (χ0) is 57.8. The van der Waals surface area contributed by atoms with E-state index in [4.69, 9.17) is 0 Å². The molecule has 0 fully saturated rings. The van der Waals surface area contributed by atoms with E-state index in [0.717, 1.165) is 17.1 Å². The van der Waals surface area contributed by atoms with Crippen LogP contribution in [0.15, 0.2) is 328 Å². The van der Waals surface area contributed by atoms with Crippen LogP contribution in [0, 0.1) is 0 Å². The molecule has 4 heterocycles. The van der Waals surface area contributed by atoms with Crippen LogP contribution in [0.1, 0.15) is 0 Å². The largest absolute Gasteiger partial charge is 0.309 e. The smallest absolute Gasteiger partial charge is 0.0541 e. The molecule has 4 aromatic heterocycles. The summed E-state index contributed by atoms with van der Waals surface area (Å²) in [5.41, 5.74) is 26.0. The fourth-order valence-electron chi connectivity index (χ4n) is 14.3. The van der Waals surface area contributed by atoms with Gasteiger partial charge in [0.15, 0.2) is 0 Å². The van der Waals surface area contributed by atoms with E-state index in [0.29, 0.717) is 0 Å². The number of fused-ring (bicyclic) bond motifs is 12. The van der Waals surface area contributed by atoms with Crippen molar-refractivity contribution in [2.45, 2.75) is 0 Å². The molecule has 0 radical (unpaired) electrons. The molecule has 4 nitrogen and oxygen atoms in total. The molecule has 0 aliphatic rings. The van der Waals surface area contributed by atoms with Crippen LogP contribution in [-0.2, 0) is 0 Å². The molecule has 4 heteroatoms. The van der Waals surface area contributed by atoms with Gasteiger partial charge in [0.05, 0.1) is 44.1 Å². The molecular formula is C84H54N4. The Morgan fingerprint density at radius 1 is 0.125 bits per heavy atom. The lowest BCUT2D eigenvalue weighted by molar-refractivity contribution is 1.18. The molecule has 0 unspecified atom stereocenters. The van der Waals surface area contributed by atoms with E-state index >= 15 is 0 Å². The Bertz CT molecular complexity index is 5760. The van der Waals surface area contributed by atoms with Gasteiger partial charge < -0.3 is 18.3 Å². The molecular weight excluding hydrogens is 1060 g/mol. The zero-order valence-corrected chi connectivity index (χ0v) is 48.0. The van der Waals surface area contributed by atoms with Gasteiger partial charge in [0, 0.05) is 65.8 Å². The molecule has 0 aliphatic heterocycles. The zero-order valence-electron chi connectivity index (χ0n) is 48.0. The highest BCUT2D eigenvalue weighted by Gasteiger charge is 2.19. The van der Waals surface area contributed by atoms with Crippen molar-refractivity contribution < 1.29 is 0 Å². The maximum absolute atomic E-state index is 2.43. The summed E-state index contributed by atoms with van der Waals surface area (Å²) in [5, 5.41) is 9.96. The Morgan fingerprint density at radius 3 is 0.739 bits per heavy atom. The number of hydrogen-bond donors (Lipinski definition) is 0. The molecule has 14 aromatic carbocycles. The van der Waals surface area contributed by atoms with Crippen molar-refractivity contribution in [1.82, 2.24) is 18.3 Å². The minimum absolute atomic E-state index is 1.13. The SMILES string of the molecule is c1ccc(-n2c3ccccc3c3cc(-c4cccc(-c5ccc6c(c5)c5ccccc5n6-c5ccc(-c6ccc7c(c6)c6ccccc6n7-c6cccc(-c7cccc(-c8cccc(-n9c%10ccccc%10c%10ccccc%109)c8)c7)c6)cc5)c4)ccc32)cc1. The average molecular weight is 1120 g/mol. The lowest BCUT2D eigenvalue weighted by atomic mass is 9.97. The molecule has 0 saturated carbocycles. The molecule has 0 saturated heterocycles. The van der Waals surface area contributed by atoms with Gasteiger partial charge in [0.25, 0.3) is 0 Å². The maximum Gasteiger partial charge on any atom is 0.0541 e. The van der Waals surface area contributed by atoms with Crippen molar-refractivity contribution in [2.24, 2.45) is 0 Å². The third-order valence-electron chi connectivity index (χ3n) is 18.3. The van der Waals surface area contributed by atoms with E-state index in [-0.39, 0.29) is 0 Å². The van der Waals surface area contributed by atoms with Crippen LogP contribution in [0.4, 0.5) is 0 Å². The fraction of sp³-hybridized carbons (Fsp3) is 0. The molecule has 18 rings (SSSR count). The summed E-state index contributed by atoms with van der Waals surface area (Å²) in [6.45, 7) is 0. The number of benzene rings is 14. The van der Waals surface area contributed by atoms with Gasteiger partial charge in [0.1, 0.15) is 0 Å². The molecule has 0 N–H and O–H groups in total. The Balaban J connectivity index is 0.651. The first-order chi connectivity index (χ1) is 43.6. The van der Waals surface area contributed by atoms with Crippen LogP contribution in [0.3, 0.4) is 0 Å². The molecule has 18 aromatic rings. The normalized spacial score (nSPS) is 11.9. The second kappa shape index (κ2) is 20.0. The summed E-state index contributed by atoms with van der Waals surface area (Å²) < 4.78 is 9.62. The molecule has 0 atom stereocenters. The summed E-state index contributed by atoms with van der Waals surface area (Å²) in [6.07, 6.45) is 0. The summed E-state index contributed by atoms with van der Waals surface area (Å²) in [7, 11) is 0. The minimum atomic E-state index is 1.13. The summed E-state index contributed by atoms with van der Waals surface area (Å²) in [6, 6.07) is 120. The van der Waals surface area contributed by atoms with Gasteiger partial charge in [-0.25, -0.2) is 0 Å². The van der Waals surface area contributed by atoms with Crippen LogP contribution >= 0.6 is 0 Å². The fourth-order valence-corrected chi connectivity index (χ4v) is 14.3. The van der Waals surface area contributed by atoms with Gasteiger partial charge in [-0.2, -0.15) is 0 Å².